The highest BCUT2D eigenvalue weighted by molar-refractivity contribution is 7.89. The average molecular weight is 265 g/mol. The number of nitrogens with zero attached hydrogens (tertiary/aromatic N) is 1. The maximum atomic E-state index is 12.1. The van der Waals surface area contributed by atoms with Crippen LogP contribution < -0.4 is 10.5 Å². The van der Waals surface area contributed by atoms with E-state index in [0.717, 1.165) is 19.3 Å². The van der Waals surface area contributed by atoms with Crippen molar-refractivity contribution in [3.8, 4) is 6.07 Å². The summed E-state index contributed by atoms with van der Waals surface area (Å²) in [4.78, 5) is 0.112. The summed E-state index contributed by atoms with van der Waals surface area (Å²) in [7, 11) is -3.59. The van der Waals surface area contributed by atoms with Gasteiger partial charge in [0, 0.05) is 12.1 Å². The normalized spacial score (nSPS) is 23.8. The molecule has 1 saturated carbocycles. The predicted octanol–water partition coefficient (Wildman–Crippen LogP) is 0.716. The Kier molecular flexibility index (Phi) is 3.66. The Hall–Kier alpha value is -1.42. The van der Waals surface area contributed by atoms with Crippen LogP contribution in [-0.2, 0) is 10.0 Å². The second-order valence-corrected chi connectivity index (χ2v) is 6.18. The Labute approximate surface area is 107 Å². The van der Waals surface area contributed by atoms with Crippen LogP contribution in [0.3, 0.4) is 0 Å². The van der Waals surface area contributed by atoms with E-state index in [4.69, 9.17) is 11.0 Å². The fraction of sp³-hybridized carbons (Fsp3) is 0.417. The van der Waals surface area contributed by atoms with Crippen LogP contribution in [-0.4, -0.2) is 20.5 Å². The van der Waals surface area contributed by atoms with Gasteiger partial charge in [-0.2, -0.15) is 5.26 Å². The maximum Gasteiger partial charge on any atom is 0.240 e. The lowest BCUT2D eigenvalue weighted by Crippen LogP contribution is -2.43. The summed E-state index contributed by atoms with van der Waals surface area (Å²) in [5.41, 5.74) is 6.17. The molecule has 0 aliphatic heterocycles. The molecule has 0 radical (unpaired) electrons. The van der Waals surface area contributed by atoms with Gasteiger partial charge >= 0.3 is 0 Å². The number of hydrogen-bond acceptors (Lipinski definition) is 4. The molecule has 1 aromatic rings. The summed E-state index contributed by atoms with van der Waals surface area (Å²) in [6.07, 6.45) is 2.54. The van der Waals surface area contributed by atoms with E-state index in [9.17, 15) is 8.42 Å². The van der Waals surface area contributed by atoms with Crippen molar-refractivity contribution in [3.63, 3.8) is 0 Å². The molecule has 2 rings (SSSR count). The molecule has 1 aliphatic rings. The van der Waals surface area contributed by atoms with Crippen LogP contribution >= 0.6 is 0 Å². The summed E-state index contributed by atoms with van der Waals surface area (Å²) < 4.78 is 26.9. The second-order valence-electron chi connectivity index (χ2n) is 4.46. The average Bonchev–Trinajstić information content (AvgIpc) is 2.74. The van der Waals surface area contributed by atoms with E-state index in [2.05, 4.69) is 4.72 Å². The van der Waals surface area contributed by atoms with E-state index in [1.54, 1.807) is 12.1 Å². The topological polar surface area (TPSA) is 96.0 Å². The third kappa shape index (κ3) is 2.70. The first-order chi connectivity index (χ1) is 8.53. The molecule has 0 saturated heterocycles. The second kappa shape index (κ2) is 5.06. The molecule has 1 fully saturated rings. The van der Waals surface area contributed by atoms with Crippen LogP contribution in [0.1, 0.15) is 24.8 Å². The highest BCUT2D eigenvalue weighted by atomic mass is 32.2. The van der Waals surface area contributed by atoms with E-state index in [1.165, 1.54) is 12.1 Å². The summed E-state index contributed by atoms with van der Waals surface area (Å²) in [5, 5.41) is 8.77. The summed E-state index contributed by atoms with van der Waals surface area (Å²) >= 11 is 0. The van der Waals surface area contributed by atoms with E-state index in [0.29, 0.717) is 5.56 Å². The number of sulfonamides is 1. The Morgan fingerprint density at radius 2 is 2.17 bits per heavy atom. The molecule has 18 heavy (non-hydrogen) atoms. The van der Waals surface area contributed by atoms with Crippen molar-refractivity contribution in [1.29, 1.82) is 5.26 Å². The molecule has 96 valence electrons. The first-order valence-electron chi connectivity index (χ1n) is 5.81. The molecule has 0 bridgehead atoms. The van der Waals surface area contributed by atoms with Gasteiger partial charge in [-0.15, -0.1) is 0 Å². The van der Waals surface area contributed by atoms with E-state index in [1.807, 2.05) is 6.07 Å². The number of nitriles is 1. The van der Waals surface area contributed by atoms with Crippen molar-refractivity contribution in [2.24, 2.45) is 5.73 Å². The summed E-state index contributed by atoms with van der Waals surface area (Å²) in [6, 6.07) is 7.56. The van der Waals surface area contributed by atoms with Gasteiger partial charge in [0.05, 0.1) is 16.5 Å². The van der Waals surface area contributed by atoms with Crippen molar-refractivity contribution in [3.05, 3.63) is 29.8 Å². The number of benzene rings is 1. The van der Waals surface area contributed by atoms with Gasteiger partial charge in [0.1, 0.15) is 0 Å². The Morgan fingerprint density at radius 3 is 2.78 bits per heavy atom. The van der Waals surface area contributed by atoms with Crippen molar-refractivity contribution < 1.29 is 8.42 Å². The lowest BCUT2D eigenvalue weighted by molar-refractivity contribution is 0.522. The fourth-order valence-electron chi connectivity index (χ4n) is 2.14. The highest BCUT2D eigenvalue weighted by Crippen LogP contribution is 2.20. The van der Waals surface area contributed by atoms with Crippen molar-refractivity contribution in [2.75, 3.05) is 0 Å². The molecule has 0 heterocycles. The smallest absolute Gasteiger partial charge is 0.240 e. The van der Waals surface area contributed by atoms with Gasteiger partial charge in [-0.1, -0.05) is 12.5 Å². The third-order valence-electron chi connectivity index (χ3n) is 3.15. The standard InChI is InChI=1S/C12H15N3O2S/c13-8-9-3-1-4-10(7-9)18(16,17)15-12-6-2-5-11(12)14/h1,3-4,7,11-12,15H,2,5-6,14H2. The number of nitrogens with one attached hydrogen (secondary N) is 1. The van der Waals surface area contributed by atoms with Crippen LogP contribution in [0.15, 0.2) is 29.2 Å². The minimum Gasteiger partial charge on any atom is -0.326 e. The molecule has 0 aromatic heterocycles. The summed E-state index contributed by atoms with van der Waals surface area (Å²) in [6.45, 7) is 0. The van der Waals surface area contributed by atoms with Gasteiger partial charge in [-0.05, 0) is 31.0 Å². The van der Waals surface area contributed by atoms with Crippen molar-refractivity contribution >= 4 is 10.0 Å². The van der Waals surface area contributed by atoms with E-state index < -0.39 is 10.0 Å². The Morgan fingerprint density at radius 1 is 1.39 bits per heavy atom. The lowest BCUT2D eigenvalue weighted by Gasteiger charge is -2.17. The largest absolute Gasteiger partial charge is 0.326 e. The van der Waals surface area contributed by atoms with Gasteiger partial charge in [-0.25, -0.2) is 13.1 Å². The number of rotatable bonds is 3. The van der Waals surface area contributed by atoms with Crippen LogP contribution in [0.4, 0.5) is 0 Å². The van der Waals surface area contributed by atoms with Crippen molar-refractivity contribution in [1.82, 2.24) is 4.72 Å². The third-order valence-corrected chi connectivity index (χ3v) is 4.64. The van der Waals surface area contributed by atoms with Gasteiger partial charge < -0.3 is 5.73 Å². The molecule has 0 amide bonds. The van der Waals surface area contributed by atoms with E-state index in [-0.39, 0.29) is 17.0 Å². The maximum absolute atomic E-state index is 12.1. The van der Waals surface area contributed by atoms with Gasteiger partial charge in [0.25, 0.3) is 0 Å². The van der Waals surface area contributed by atoms with Crippen LogP contribution in [0.5, 0.6) is 0 Å². The predicted molar refractivity (Wildman–Crippen MR) is 67.1 cm³/mol. The van der Waals surface area contributed by atoms with Gasteiger partial charge in [-0.3, -0.25) is 0 Å². The van der Waals surface area contributed by atoms with Gasteiger partial charge in [0.15, 0.2) is 0 Å². The molecule has 2 atom stereocenters. The zero-order valence-corrected chi connectivity index (χ0v) is 10.7. The number of nitrogens with two attached hydrogens (primary N) is 1. The molecular weight excluding hydrogens is 250 g/mol. The van der Waals surface area contributed by atoms with E-state index >= 15 is 0 Å². The minimum atomic E-state index is -3.59. The number of hydrogen-bond donors (Lipinski definition) is 2. The first-order valence-corrected chi connectivity index (χ1v) is 7.29. The molecule has 5 nitrogen and oxygen atoms in total. The van der Waals surface area contributed by atoms with Crippen LogP contribution in [0.2, 0.25) is 0 Å². The molecule has 3 N–H and O–H groups in total. The minimum absolute atomic E-state index is 0.112. The molecule has 0 spiro atoms. The van der Waals surface area contributed by atoms with Crippen LogP contribution in [0, 0.1) is 11.3 Å². The molecule has 6 heteroatoms. The molecule has 2 unspecified atom stereocenters. The molecular formula is C12H15N3O2S. The molecule has 1 aromatic carbocycles. The monoisotopic (exact) mass is 265 g/mol. The first kappa shape index (κ1) is 13.0. The van der Waals surface area contributed by atoms with Crippen LogP contribution in [0.25, 0.3) is 0 Å². The Balaban J connectivity index is 2.22. The lowest BCUT2D eigenvalue weighted by atomic mass is 10.2. The SMILES string of the molecule is N#Cc1cccc(S(=O)(=O)NC2CCCC2N)c1. The van der Waals surface area contributed by atoms with Crippen molar-refractivity contribution in [2.45, 2.75) is 36.2 Å². The highest BCUT2D eigenvalue weighted by Gasteiger charge is 2.28. The van der Waals surface area contributed by atoms with Gasteiger partial charge in [0.2, 0.25) is 10.0 Å². The quantitative estimate of drug-likeness (QED) is 0.841. The summed E-state index contributed by atoms with van der Waals surface area (Å²) in [5.74, 6) is 0. The Bertz CT molecular complexity index is 577. The zero-order valence-electron chi connectivity index (χ0n) is 9.83. The molecule has 1 aliphatic carbocycles. The fourth-order valence-corrected chi connectivity index (χ4v) is 3.50. The zero-order chi connectivity index (χ0) is 13.2.